The number of urea groups is 1. The summed E-state index contributed by atoms with van der Waals surface area (Å²) >= 11 is 1.87. The lowest BCUT2D eigenvalue weighted by atomic mass is 9.86. The van der Waals surface area contributed by atoms with Crippen LogP contribution < -0.4 is 10.6 Å². The molecule has 2 rings (SSSR count). The Morgan fingerprint density at radius 2 is 1.79 bits per heavy atom. The van der Waals surface area contributed by atoms with E-state index in [0.717, 1.165) is 24.3 Å². The Balaban J connectivity index is 1.70. The Kier molecular flexibility index (Phi) is 4.96. The Hall–Kier alpha value is -0.910. The van der Waals surface area contributed by atoms with Gasteiger partial charge in [-0.25, -0.2) is 4.79 Å². The highest BCUT2D eigenvalue weighted by Gasteiger charge is 2.29. The monoisotopic (exact) mass is 286 g/mol. The van der Waals surface area contributed by atoms with Gasteiger partial charge in [0.05, 0.1) is 5.92 Å². The van der Waals surface area contributed by atoms with Gasteiger partial charge in [0, 0.05) is 17.8 Å². The number of thioether (sulfide) groups is 1. The zero-order valence-corrected chi connectivity index (χ0v) is 12.0. The van der Waals surface area contributed by atoms with Crippen molar-refractivity contribution in [2.75, 3.05) is 11.5 Å². The summed E-state index contributed by atoms with van der Waals surface area (Å²) in [5, 5.41) is 14.9. The largest absolute Gasteiger partial charge is 0.481 e. The van der Waals surface area contributed by atoms with E-state index >= 15 is 0 Å². The van der Waals surface area contributed by atoms with Gasteiger partial charge in [-0.05, 0) is 37.4 Å². The van der Waals surface area contributed by atoms with Gasteiger partial charge in [-0.3, -0.25) is 4.79 Å². The van der Waals surface area contributed by atoms with Crippen molar-refractivity contribution in [2.45, 2.75) is 44.7 Å². The Labute approximate surface area is 117 Å². The molecular weight excluding hydrogens is 264 g/mol. The zero-order valence-electron chi connectivity index (χ0n) is 11.2. The van der Waals surface area contributed by atoms with Crippen LogP contribution in [0.1, 0.15) is 32.6 Å². The molecule has 108 valence electrons. The number of hydrogen-bond acceptors (Lipinski definition) is 3. The average Bonchev–Trinajstić information content (AvgIpc) is 2.75. The van der Waals surface area contributed by atoms with E-state index in [4.69, 9.17) is 5.11 Å². The molecule has 6 heteroatoms. The van der Waals surface area contributed by atoms with Gasteiger partial charge in [0.15, 0.2) is 0 Å². The molecule has 0 spiro atoms. The van der Waals surface area contributed by atoms with E-state index in [0.29, 0.717) is 18.8 Å². The number of nitrogens with one attached hydrogen (secondary N) is 2. The van der Waals surface area contributed by atoms with Crippen molar-refractivity contribution >= 4 is 23.8 Å². The number of carbonyl (C=O) groups excluding carboxylic acids is 1. The molecule has 0 aromatic heterocycles. The van der Waals surface area contributed by atoms with Gasteiger partial charge in [-0.2, -0.15) is 11.8 Å². The molecule has 1 saturated heterocycles. The average molecular weight is 286 g/mol. The van der Waals surface area contributed by atoms with Crippen LogP contribution in [0.3, 0.4) is 0 Å². The number of carboxylic acid groups (broad SMARTS) is 1. The third-order valence-corrected chi connectivity index (χ3v) is 5.45. The van der Waals surface area contributed by atoms with Gasteiger partial charge in [-0.15, -0.1) is 0 Å². The van der Waals surface area contributed by atoms with Gasteiger partial charge < -0.3 is 15.7 Å². The number of carboxylic acids is 1. The smallest absolute Gasteiger partial charge is 0.315 e. The number of hydrogen-bond donors (Lipinski definition) is 3. The Morgan fingerprint density at radius 1 is 1.11 bits per heavy atom. The Bertz CT molecular complexity index is 343. The van der Waals surface area contributed by atoms with Crippen molar-refractivity contribution in [3.63, 3.8) is 0 Å². The normalized spacial score (nSPS) is 34.8. The fourth-order valence-electron chi connectivity index (χ4n) is 2.73. The second kappa shape index (κ2) is 6.50. The summed E-state index contributed by atoms with van der Waals surface area (Å²) in [7, 11) is 0. The van der Waals surface area contributed by atoms with Crippen LogP contribution in [-0.2, 0) is 4.79 Å². The molecule has 0 aromatic carbocycles. The molecule has 1 aliphatic carbocycles. The van der Waals surface area contributed by atoms with E-state index in [1.54, 1.807) is 0 Å². The van der Waals surface area contributed by atoms with Gasteiger partial charge in [0.25, 0.3) is 0 Å². The molecule has 5 nitrogen and oxygen atoms in total. The molecule has 3 N–H and O–H groups in total. The molecular formula is C13H22N2O3S. The summed E-state index contributed by atoms with van der Waals surface area (Å²) in [5.41, 5.74) is 0. The van der Waals surface area contributed by atoms with Crippen molar-refractivity contribution in [1.82, 2.24) is 10.6 Å². The second-order valence-corrected chi connectivity index (χ2v) is 6.70. The van der Waals surface area contributed by atoms with Crippen molar-refractivity contribution in [3.8, 4) is 0 Å². The first kappa shape index (κ1) is 14.5. The van der Waals surface area contributed by atoms with E-state index in [9.17, 15) is 9.59 Å². The standard InChI is InChI=1S/C13H22N2O3S/c1-8-6-19-7-11(8)15-13(18)14-10-4-2-9(3-5-10)12(16)17/h8-11H,2-7H2,1H3,(H,16,17)(H2,14,15,18). The summed E-state index contributed by atoms with van der Waals surface area (Å²) in [6, 6.07) is 0.290. The maximum atomic E-state index is 11.9. The molecule has 1 heterocycles. The quantitative estimate of drug-likeness (QED) is 0.737. The van der Waals surface area contributed by atoms with Crippen LogP contribution in [0, 0.1) is 11.8 Å². The molecule has 0 radical (unpaired) electrons. The summed E-state index contributed by atoms with van der Waals surface area (Å²) in [5.74, 6) is 1.68. The van der Waals surface area contributed by atoms with Gasteiger partial charge in [0.1, 0.15) is 0 Å². The maximum absolute atomic E-state index is 11.9. The molecule has 0 aromatic rings. The van der Waals surface area contributed by atoms with E-state index < -0.39 is 5.97 Å². The van der Waals surface area contributed by atoms with Gasteiger partial charge in [-0.1, -0.05) is 6.92 Å². The minimum Gasteiger partial charge on any atom is -0.481 e. The van der Waals surface area contributed by atoms with Crippen LogP contribution in [0.4, 0.5) is 4.79 Å². The van der Waals surface area contributed by atoms with Crippen molar-refractivity contribution < 1.29 is 14.7 Å². The van der Waals surface area contributed by atoms with Crippen molar-refractivity contribution in [1.29, 1.82) is 0 Å². The van der Waals surface area contributed by atoms with Gasteiger partial charge >= 0.3 is 12.0 Å². The third kappa shape index (κ3) is 4.03. The molecule has 0 bridgehead atoms. The topological polar surface area (TPSA) is 78.4 Å². The summed E-state index contributed by atoms with van der Waals surface area (Å²) < 4.78 is 0. The SMILES string of the molecule is CC1CSCC1NC(=O)NC1CCC(C(=O)O)CC1. The first-order valence-electron chi connectivity index (χ1n) is 6.94. The lowest BCUT2D eigenvalue weighted by molar-refractivity contribution is -0.142. The summed E-state index contributed by atoms with van der Waals surface area (Å²) in [6.45, 7) is 2.16. The van der Waals surface area contributed by atoms with Crippen LogP contribution >= 0.6 is 11.8 Å². The number of aliphatic carboxylic acids is 1. The fraction of sp³-hybridized carbons (Fsp3) is 0.846. The molecule has 2 aliphatic rings. The number of rotatable bonds is 3. The number of amides is 2. The first-order valence-corrected chi connectivity index (χ1v) is 8.09. The van der Waals surface area contributed by atoms with Crippen molar-refractivity contribution in [2.24, 2.45) is 11.8 Å². The van der Waals surface area contributed by atoms with Crippen LogP contribution in [-0.4, -0.2) is 40.7 Å². The predicted molar refractivity (Wildman–Crippen MR) is 75.3 cm³/mol. The first-order chi connectivity index (χ1) is 9.06. The fourth-order valence-corrected chi connectivity index (χ4v) is 4.13. The molecule has 2 atom stereocenters. The molecule has 2 amide bonds. The summed E-state index contributed by atoms with van der Waals surface area (Å²) in [4.78, 5) is 22.7. The molecule has 1 aliphatic heterocycles. The third-order valence-electron chi connectivity index (χ3n) is 4.09. The van der Waals surface area contributed by atoms with Gasteiger partial charge in [0.2, 0.25) is 0 Å². The highest BCUT2D eigenvalue weighted by molar-refractivity contribution is 7.99. The van der Waals surface area contributed by atoms with Crippen LogP contribution in [0.15, 0.2) is 0 Å². The molecule has 1 saturated carbocycles. The van der Waals surface area contributed by atoms with Crippen LogP contribution in [0.5, 0.6) is 0 Å². The highest BCUT2D eigenvalue weighted by Crippen LogP contribution is 2.25. The Morgan fingerprint density at radius 3 is 2.32 bits per heavy atom. The zero-order chi connectivity index (χ0) is 13.8. The summed E-state index contributed by atoms with van der Waals surface area (Å²) in [6.07, 6.45) is 2.85. The highest BCUT2D eigenvalue weighted by atomic mass is 32.2. The lowest BCUT2D eigenvalue weighted by Crippen LogP contribution is -2.49. The lowest BCUT2D eigenvalue weighted by Gasteiger charge is -2.27. The van der Waals surface area contributed by atoms with Crippen molar-refractivity contribution in [3.05, 3.63) is 0 Å². The second-order valence-electron chi connectivity index (χ2n) is 5.63. The minimum absolute atomic E-state index is 0.0990. The van der Waals surface area contributed by atoms with E-state index in [1.165, 1.54) is 0 Å². The molecule has 19 heavy (non-hydrogen) atoms. The molecule has 2 fully saturated rings. The van der Waals surface area contributed by atoms with E-state index in [1.807, 2.05) is 11.8 Å². The van der Waals surface area contributed by atoms with Crippen LogP contribution in [0.25, 0.3) is 0 Å². The van der Waals surface area contributed by atoms with E-state index in [2.05, 4.69) is 17.6 Å². The minimum atomic E-state index is -0.709. The molecule has 2 unspecified atom stereocenters. The van der Waals surface area contributed by atoms with E-state index in [-0.39, 0.29) is 24.0 Å². The predicted octanol–water partition coefficient (Wildman–Crippen LogP) is 1.68. The number of carbonyl (C=O) groups is 2. The van der Waals surface area contributed by atoms with Crippen LogP contribution in [0.2, 0.25) is 0 Å². The maximum Gasteiger partial charge on any atom is 0.315 e.